The number of rotatable bonds is 9. The van der Waals surface area contributed by atoms with Gasteiger partial charge in [0, 0.05) is 12.5 Å². The average molecular weight is 389 g/mol. The number of benzene rings is 1. The fourth-order valence-electron chi connectivity index (χ4n) is 3.58. The van der Waals surface area contributed by atoms with Crippen LogP contribution >= 0.6 is 0 Å². The Morgan fingerprint density at radius 3 is 2.46 bits per heavy atom. The second-order valence-electron chi connectivity index (χ2n) is 7.52. The molecule has 28 heavy (non-hydrogen) atoms. The van der Waals surface area contributed by atoms with Gasteiger partial charge in [0.1, 0.15) is 6.04 Å². The molecule has 0 spiro atoms. The van der Waals surface area contributed by atoms with Crippen molar-refractivity contribution in [1.82, 2.24) is 10.2 Å². The Hall–Kier alpha value is -2.61. The number of likely N-dealkylation sites (tertiary alicyclic amines) is 1. The lowest BCUT2D eigenvalue weighted by Gasteiger charge is -2.27. The van der Waals surface area contributed by atoms with Gasteiger partial charge >= 0.3 is 5.97 Å². The molecule has 2 N–H and O–H groups in total. The van der Waals surface area contributed by atoms with Crippen LogP contribution in [0.3, 0.4) is 0 Å². The maximum atomic E-state index is 12.8. The van der Waals surface area contributed by atoms with Crippen molar-refractivity contribution < 1.29 is 19.5 Å². The number of hydrogen-bond donors (Lipinski definition) is 2. The molecule has 1 aliphatic rings. The van der Waals surface area contributed by atoms with E-state index in [4.69, 9.17) is 0 Å². The molecular weight excluding hydrogens is 362 g/mol. The van der Waals surface area contributed by atoms with Crippen LogP contribution in [0.1, 0.15) is 39.2 Å². The second kappa shape index (κ2) is 9.05. The van der Waals surface area contributed by atoms with Crippen molar-refractivity contribution in [2.45, 2.75) is 63.7 Å². The molecule has 0 bridgehead atoms. The van der Waals surface area contributed by atoms with E-state index >= 15 is 0 Å². The van der Waals surface area contributed by atoms with Crippen LogP contribution in [-0.2, 0) is 20.8 Å². The fraction of sp³-hybridized carbons (Fsp3) is 0.550. The zero-order valence-corrected chi connectivity index (χ0v) is 16.4. The van der Waals surface area contributed by atoms with Crippen LogP contribution in [0.25, 0.3) is 0 Å². The SMILES string of the molecule is CC(=O)C1(N=O)CC(C(=O)O)N(C(=O)C(C)NC(C)CCc2ccccc2)C1. The van der Waals surface area contributed by atoms with Gasteiger partial charge in [0.05, 0.1) is 12.6 Å². The van der Waals surface area contributed by atoms with Crippen molar-refractivity contribution in [2.75, 3.05) is 6.54 Å². The van der Waals surface area contributed by atoms with Gasteiger partial charge in [-0.05, 0) is 39.2 Å². The number of nitrogens with one attached hydrogen (secondary N) is 1. The molecular formula is C20H27N3O5. The molecule has 0 saturated carbocycles. The maximum Gasteiger partial charge on any atom is 0.326 e. The summed E-state index contributed by atoms with van der Waals surface area (Å²) in [7, 11) is 0. The number of nitrogens with zero attached hydrogens (tertiary/aromatic N) is 2. The van der Waals surface area contributed by atoms with E-state index in [9.17, 15) is 24.4 Å². The standard InChI is InChI=1S/C20H27N3O5/c1-13(9-10-16-7-5-4-6-8-16)21-14(2)18(25)23-12-20(22-28,15(3)24)11-17(23)19(26)27/h4-8,13-14,17,21H,9-12H2,1-3H3,(H,26,27). The molecule has 0 radical (unpaired) electrons. The lowest BCUT2D eigenvalue weighted by atomic mass is 9.93. The highest BCUT2D eigenvalue weighted by molar-refractivity contribution is 5.93. The molecule has 1 amide bonds. The van der Waals surface area contributed by atoms with Crippen molar-refractivity contribution in [3.8, 4) is 0 Å². The Kier molecular flexibility index (Phi) is 7.01. The highest BCUT2D eigenvalue weighted by Crippen LogP contribution is 2.32. The number of carbonyl (C=O) groups excluding carboxylic acids is 2. The van der Waals surface area contributed by atoms with Crippen LogP contribution in [0.15, 0.2) is 35.5 Å². The molecule has 1 aromatic carbocycles. The third kappa shape index (κ3) is 4.81. The lowest BCUT2D eigenvalue weighted by Crippen LogP contribution is -2.51. The van der Waals surface area contributed by atoms with Gasteiger partial charge in [-0.25, -0.2) is 4.79 Å². The second-order valence-corrected chi connectivity index (χ2v) is 7.52. The van der Waals surface area contributed by atoms with E-state index in [-0.39, 0.29) is 19.0 Å². The number of carboxylic acid groups (broad SMARTS) is 1. The number of carboxylic acids is 1. The van der Waals surface area contributed by atoms with Crippen molar-refractivity contribution in [3.05, 3.63) is 40.8 Å². The predicted molar refractivity (Wildman–Crippen MR) is 104 cm³/mol. The van der Waals surface area contributed by atoms with Crippen LogP contribution in [0, 0.1) is 4.91 Å². The molecule has 2 rings (SSSR count). The molecule has 1 heterocycles. The molecule has 0 aliphatic carbocycles. The van der Waals surface area contributed by atoms with E-state index < -0.39 is 35.3 Å². The first-order valence-corrected chi connectivity index (χ1v) is 9.39. The van der Waals surface area contributed by atoms with Gasteiger partial charge < -0.3 is 15.3 Å². The minimum absolute atomic E-state index is 0.0202. The lowest BCUT2D eigenvalue weighted by molar-refractivity contribution is -0.148. The van der Waals surface area contributed by atoms with E-state index in [2.05, 4.69) is 10.5 Å². The molecule has 1 aromatic rings. The third-order valence-corrected chi connectivity index (χ3v) is 5.35. The molecule has 1 fully saturated rings. The topological polar surface area (TPSA) is 116 Å². The molecule has 0 aromatic heterocycles. The summed E-state index contributed by atoms with van der Waals surface area (Å²) in [5.74, 6) is -2.23. The van der Waals surface area contributed by atoms with Crippen molar-refractivity contribution in [3.63, 3.8) is 0 Å². The van der Waals surface area contributed by atoms with Crippen LogP contribution in [0.2, 0.25) is 0 Å². The quantitative estimate of drug-likeness (QED) is 0.622. The van der Waals surface area contributed by atoms with Gasteiger partial charge in [-0.15, -0.1) is 4.91 Å². The van der Waals surface area contributed by atoms with Crippen molar-refractivity contribution in [2.24, 2.45) is 5.18 Å². The van der Waals surface area contributed by atoms with Crippen molar-refractivity contribution in [1.29, 1.82) is 0 Å². The van der Waals surface area contributed by atoms with Gasteiger partial charge in [-0.3, -0.25) is 9.59 Å². The number of nitroso groups, excluding NO2 is 1. The van der Waals surface area contributed by atoms with Gasteiger partial charge in [0.15, 0.2) is 11.3 Å². The number of amides is 1. The van der Waals surface area contributed by atoms with E-state index in [1.54, 1.807) is 6.92 Å². The Balaban J connectivity index is 2.01. The normalized spacial score (nSPS) is 23.8. The first-order valence-electron chi connectivity index (χ1n) is 9.39. The highest BCUT2D eigenvalue weighted by Gasteiger charge is 2.53. The molecule has 8 heteroatoms. The fourth-order valence-corrected chi connectivity index (χ4v) is 3.58. The van der Waals surface area contributed by atoms with E-state index in [0.717, 1.165) is 17.7 Å². The average Bonchev–Trinajstić information content (AvgIpc) is 3.08. The highest BCUT2D eigenvalue weighted by atomic mass is 16.4. The number of aryl methyl sites for hydroxylation is 1. The van der Waals surface area contributed by atoms with Crippen LogP contribution in [0.5, 0.6) is 0 Å². The first-order chi connectivity index (χ1) is 13.2. The van der Waals surface area contributed by atoms with Gasteiger partial charge in [0.25, 0.3) is 0 Å². The van der Waals surface area contributed by atoms with E-state index in [1.165, 1.54) is 12.5 Å². The van der Waals surface area contributed by atoms with Gasteiger partial charge in [-0.2, -0.15) is 0 Å². The molecule has 1 saturated heterocycles. The summed E-state index contributed by atoms with van der Waals surface area (Å²) < 4.78 is 0. The van der Waals surface area contributed by atoms with E-state index in [0.29, 0.717) is 0 Å². The Bertz CT molecular complexity index is 739. The first kappa shape index (κ1) is 21.7. The number of hydrogen-bond acceptors (Lipinski definition) is 6. The van der Waals surface area contributed by atoms with Crippen LogP contribution in [-0.4, -0.2) is 57.9 Å². The van der Waals surface area contributed by atoms with Crippen molar-refractivity contribution >= 4 is 17.7 Å². The summed E-state index contributed by atoms with van der Waals surface area (Å²) >= 11 is 0. The number of Topliss-reactive ketones (excluding diaryl/α,β-unsaturated/α-hetero) is 1. The minimum Gasteiger partial charge on any atom is -0.480 e. The Morgan fingerprint density at radius 2 is 1.93 bits per heavy atom. The Labute approximate surface area is 164 Å². The van der Waals surface area contributed by atoms with Crippen LogP contribution in [0.4, 0.5) is 0 Å². The Morgan fingerprint density at radius 1 is 1.29 bits per heavy atom. The van der Waals surface area contributed by atoms with Gasteiger partial charge in [0.2, 0.25) is 5.91 Å². The number of aliphatic carboxylic acids is 1. The van der Waals surface area contributed by atoms with E-state index in [1.807, 2.05) is 37.3 Å². The largest absolute Gasteiger partial charge is 0.480 e. The minimum atomic E-state index is -1.68. The van der Waals surface area contributed by atoms with Gasteiger partial charge in [-0.1, -0.05) is 35.5 Å². The predicted octanol–water partition coefficient (Wildman–Crippen LogP) is 1.77. The summed E-state index contributed by atoms with van der Waals surface area (Å²) in [5.41, 5.74) is -0.485. The molecule has 152 valence electrons. The molecule has 1 aliphatic heterocycles. The molecule has 4 atom stereocenters. The molecule has 4 unspecified atom stereocenters. The maximum absolute atomic E-state index is 12.8. The zero-order chi connectivity index (χ0) is 20.9. The summed E-state index contributed by atoms with van der Waals surface area (Å²) in [6.45, 7) is 4.51. The number of carbonyl (C=O) groups is 3. The monoisotopic (exact) mass is 389 g/mol. The summed E-state index contributed by atoms with van der Waals surface area (Å²) in [6, 6.07) is 8.11. The summed E-state index contributed by atoms with van der Waals surface area (Å²) in [4.78, 5) is 48.6. The van der Waals surface area contributed by atoms with Crippen LogP contribution < -0.4 is 5.32 Å². The zero-order valence-electron chi connectivity index (χ0n) is 16.4. The third-order valence-electron chi connectivity index (χ3n) is 5.35. The number of ketones is 1. The molecule has 8 nitrogen and oxygen atoms in total. The summed E-state index contributed by atoms with van der Waals surface area (Å²) in [6.07, 6.45) is 1.36. The summed E-state index contributed by atoms with van der Waals surface area (Å²) in [5, 5.41) is 15.5. The smallest absolute Gasteiger partial charge is 0.326 e.